The summed E-state index contributed by atoms with van der Waals surface area (Å²) in [6.07, 6.45) is 1.88. The average molecular weight is 249 g/mol. The highest BCUT2D eigenvalue weighted by Crippen LogP contribution is 2.33. The van der Waals surface area contributed by atoms with Crippen LogP contribution in [-0.4, -0.2) is 25.2 Å². The molecule has 0 rings (SSSR count). The molecule has 0 radical (unpaired) electrons. The maximum Gasteiger partial charge on any atom is 0.327 e. The van der Waals surface area contributed by atoms with Crippen molar-refractivity contribution in [3.63, 3.8) is 0 Å². The van der Waals surface area contributed by atoms with Crippen molar-refractivity contribution in [3.05, 3.63) is 12.2 Å². The van der Waals surface area contributed by atoms with Gasteiger partial charge in [0, 0.05) is 9.60 Å². The number of ether oxygens (including phenoxy) is 2. The van der Waals surface area contributed by atoms with E-state index in [0.29, 0.717) is 0 Å². The lowest BCUT2D eigenvalue weighted by molar-refractivity contribution is -0.171. The van der Waals surface area contributed by atoms with E-state index >= 15 is 0 Å². The van der Waals surface area contributed by atoms with Crippen LogP contribution in [0.15, 0.2) is 12.2 Å². The Morgan fingerprint density at radius 3 is 2.06 bits per heavy atom. The van der Waals surface area contributed by atoms with Crippen LogP contribution < -0.4 is 0 Å². The zero-order valence-electron chi connectivity index (χ0n) is 17.2. The van der Waals surface area contributed by atoms with Crippen LogP contribution in [0.5, 0.6) is 0 Å². The normalized spacial score (nSPS) is 20.1. The minimum absolute atomic E-state index is 0.240. The first kappa shape index (κ1) is 7.19. The van der Waals surface area contributed by atoms with Crippen molar-refractivity contribution in [2.75, 3.05) is 13.2 Å². The molecule has 0 heterocycles. The number of esters is 2. The molecule has 0 fully saturated rings. The molecule has 0 amide bonds. The molecule has 0 atom stereocenters. The molecular weight excluding hydrogens is 220 g/mol. The largest absolute Gasteiger partial charge is 0.465 e. The van der Waals surface area contributed by atoms with Gasteiger partial charge in [-0.05, 0) is 26.7 Å². The molecule has 0 aliphatic rings. The Morgan fingerprint density at radius 1 is 1.29 bits per heavy atom. The Labute approximate surface area is 113 Å². The molecule has 0 bridgehead atoms. The van der Waals surface area contributed by atoms with Gasteiger partial charge in [-0.2, -0.15) is 0 Å². The lowest BCUT2D eigenvalue weighted by Crippen LogP contribution is -2.44. The quantitative estimate of drug-likeness (QED) is 0.412. The summed E-state index contributed by atoms with van der Waals surface area (Å²) >= 11 is 0. The van der Waals surface area contributed by atoms with Crippen LogP contribution in [0.3, 0.4) is 0 Å². The van der Waals surface area contributed by atoms with Crippen molar-refractivity contribution in [1.82, 2.24) is 0 Å². The van der Waals surface area contributed by atoms with Gasteiger partial charge in [0.2, 0.25) is 0 Å². The molecule has 0 saturated carbocycles. The molecule has 98 valence electrons. The first-order chi connectivity index (χ1) is 10.8. The molecule has 0 aliphatic heterocycles. The van der Waals surface area contributed by atoms with Gasteiger partial charge in [0.15, 0.2) is 5.41 Å². The zero-order chi connectivity index (χ0) is 19.4. The molecule has 17 heavy (non-hydrogen) atoms. The smallest absolute Gasteiger partial charge is 0.327 e. The summed E-state index contributed by atoms with van der Waals surface area (Å²) in [4.78, 5) is 25.0. The summed E-state index contributed by atoms with van der Waals surface area (Å²) in [5.41, 5.74) is -2.97. The molecule has 4 nitrogen and oxygen atoms in total. The second-order valence-electron chi connectivity index (χ2n) is 3.12. The highest BCUT2D eigenvalue weighted by Gasteiger charge is 2.49. The fraction of sp³-hybridized carbons (Fsp3) is 0.692. The summed E-state index contributed by atoms with van der Waals surface area (Å²) in [5.74, 6) is -6.41. The Balaban J connectivity index is 6.96. The molecule has 0 aromatic heterocycles. The lowest BCUT2D eigenvalue weighted by Gasteiger charge is -2.29. The second-order valence-corrected chi connectivity index (χ2v) is 3.12. The van der Waals surface area contributed by atoms with Crippen LogP contribution in [-0.2, 0) is 19.1 Å². The third-order valence-corrected chi connectivity index (χ3v) is 2.01. The summed E-state index contributed by atoms with van der Waals surface area (Å²) in [5, 5.41) is 0. The van der Waals surface area contributed by atoms with E-state index in [-0.39, 0.29) is 13.2 Å². The summed E-state index contributed by atoms with van der Waals surface area (Å²) in [6.45, 7) is -3.36. The number of carbonyl (C=O) groups is 2. The molecule has 0 saturated heterocycles. The summed E-state index contributed by atoms with van der Waals surface area (Å²) < 4.78 is 63.2. The van der Waals surface area contributed by atoms with E-state index in [1.165, 1.54) is 20.8 Å². The molecule has 4 heteroatoms. The highest BCUT2D eigenvalue weighted by molar-refractivity contribution is 6.02. The molecule has 0 unspecified atom stereocenters. The molecular formula is C13H22O4. The Kier molecular flexibility index (Phi) is 3.00. The minimum Gasteiger partial charge on any atom is -0.465 e. The van der Waals surface area contributed by atoms with Gasteiger partial charge in [0.25, 0.3) is 0 Å². The minimum atomic E-state index is -3.52. The van der Waals surface area contributed by atoms with Gasteiger partial charge in [0.05, 0.1) is 13.2 Å². The Morgan fingerprint density at radius 2 is 1.76 bits per heavy atom. The van der Waals surface area contributed by atoms with Gasteiger partial charge in [-0.1, -0.05) is 25.9 Å². The molecule has 0 N–H and O–H groups in total. The second kappa shape index (κ2) is 7.09. The van der Waals surface area contributed by atoms with E-state index in [1.54, 1.807) is 0 Å². The van der Waals surface area contributed by atoms with Crippen molar-refractivity contribution >= 4 is 11.9 Å². The van der Waals surface area contributed by atoms with E-state index in [0.717, 1.165) is 12.2 Å². The maximum atomic E-state index is 12.5. The van der Waals surface area contributed by atoms with Gasteiger partial charge in [0.1, 0.15) is 0 Å². The van der Waals surface area contributed by atoms with E-state index in [4.69, 9.17) is 19.1 Å². The maximum absolute atomic E-state index is 12.5. The Bertz CT molecular complexity index is 462. The van der Waals surface area contributed by atoms with Gasteiger partial charge in [-0.3, -0.25) is 9.59 Å². The first-order valence-corrected chi connectivity index (χ1v) is 5.26. The number of carbonyl (C=O) groups excluding carboxylic acids is 2. The molecule has 0 aliphatic carbocycles. The van der Waals surface area contributed by atoms with Crippen LogP contribution >= 0.6 is 0 Å². The third-order valence-electron chi connectivity index (χ3n) is 2.01. The molecule has 0 spiro atoms. The lowest BCUT2D eigenvalue weighted by atomic mass is 9.76. The number of allylic oxidation sites excluding steroid dienone is 1. The predicted octanol–water partition coefficient (Wildman–Crippen LogP) is 2.33. The van der Waals surface area contributed by atoms with Crippen LogP contribution in [0.1, 0.15) is 44.1 Å². The number of hydrogen-bond donors (Lipinski definition) is 0. The van der Waals surface area contributed by atoms with E-state index < -0.39 is 37.0 Å². The predicted molar refractivity (Wildman–Crippen MR) is 65.4 cm³/mol. The standard InChI is InChI=1S/C13H22O4/c1-6-9-13(10(4)5,11(14)16-7-2)12(15)17-8-3/h6,9-10H,7-8H2,1-5H3/i4D3,5D3,10D. The van der Waals surface area contributed by atoms with Gasteiger partial charge >= 0.3 is 11.9 Å². The van der Waals surface area contributed by atoms with E-state index in [2.05, 4.69) is 0 Å². The Hall–Kier alpha value is -1.32. The fourth-order valence-electron chi connectivity index (χ4n) is 1.25. The average Bonchev–Trinajstić information content (AvgIpc) is 2.41. The SMILES string of the molecule is [2H]C([2H])([2H])C([2H])(C([2H])([2H])[2H])C(C=CC)(C(=O)OCC)C(=O)OCC. The van der Waals surface area contributed by atoms with Crippen LogP contribution in [0.2, 0.25) is 0 Å². The van der Waals surface area contributed by atoms with Crippen molar-refractivity contribution in [3.8, 4) is 0 Å². The van der Waals surface area contributed by atoms with Crippen LogP contribution in [0, 0.1) is 11.3 Å². The van der Waals surface area contributed by atoms with Crippen molar-refractivity contribution in [2.45, 2.75) is 34.5 Å². The van der Waals surface area contributed by atoms with E-state index in [9.17, 15) is 9.59 Å². The van der Waals surface area contributed by atoms with Gasteiger partial charge in [-0.25, -0.2) is 0 Å². The van der Waals surface area contributed by atoms with E-state index in [1.807, 2.05) is 0 Å². The summed E-state index contributed by atoms with van der Waals surface area (Å²) in [6, 6.07) is 0. The number of hydrogen-bond acceptors (Lipinski definition) is 4. The van der Waals surface area contributed by atoms with Crippen molar-refractivity contribution in [2.24, 2.45) is 11.3 Å². The van der Waals surface area contributed by atoms with Crippen LogP contribution in [0.4, 0.5) is 0 Å². The molecule has 0 aromatic carbocycles. The molecule has 0 aromatic rings. The first-order valence-electron chi connectivity index (χ1n) is 8.76. The summed E-state index contributed by atoms with van der Waals surface area (Å²) in [7, 11) is 0. The topological polar surface area (TPSA) is 52.6 Å². The van der Waals surface area contributed by atoms with Crippen LogP contribution in [0.25, 0.3) is 0 Å². The zero-order valence-corrected chi connectivity index (χ0v) is 10.2. The van der Waals surface area contributed by atoms with Gasteiger partial charge < -0.3 is 9.47 Å². The monoisotopic (exact) mass is 249 g/mol. The fourth-order valence-corrected chi connectivity index (χ4v) is 1.25. The third kappa shape index (κ3) is 3.32. The van der Waals surface area contributed by atoms with Crippen molar-refractivity contribution < 1.29 is 28.7 Å². The highest BCUT2D eigenvalue weighted by atomic mass is 16.6. The number of rotatable bonds is 6. The van der Waals surface area contributed by atoms with Crippen molar-refractivity contribution in [1.29, 1.82) is 0 Å². The van der Waals surface area contributed by atoms with Gasteiger partial charge in [-0.15, -0.1) is 0 Å².